The second-order valence-electron chi connectivity index (χ2n) is 5.47. The summed E-state index contributed by atoms with van der Waals surface area (Å²) in [6, 6.07) is 8.56. The molecule has 2 rings (SSSR count). The minimum absolute atomic E-state index is 0.353. The zero-order chi connectivity index (χ0) is 13.0. The first-order valence-corrected chi connectivity index (χ1v) is 6.82. The second-order valence-corrected chi connectivity index (χ2v) is 5.47. The molecule has 1 aromatic carbocycles. The van der Waals surface area contributed by atoms with E-state index in [-0.39, 0.29) is 0 Å². The molecule has 0 spiro atoms. The molecule has 0 aromatic heterocycles. The van der Waals surface area contributed by atoms with Gasteiger partial charge in [0.15, 0.2) is 0 Å². The lowest BCUT2D eigenvalue weighted by Crippen LogP contribution is -2.41. The van der Waals surface area contributed by atoms with Gasteiger partial charge >= 0.3 is 0 Å². The van der Waals surface area contributed by atoms with E-state index in [0.717, 1.165) is 18.1 Å². The molecule has 0 radical (unpaired) electrons. The summed E-state index contributed by atoms with van der Waals surface area (Å²) in [4.78, 5) is 0. The van der Waals surface area contributed by atoms with Crippen LogP contribution in [0.1, 0.15) is 31.7 Å². The van der Waals surface area contributed by atoms with Crippen LogP contribution in [0.15, 0.2) is 24.3 Å². The van der Waals surface area contributed by atoms with Gasteiger partial charge in [-0.2, -0.15) is 0 Å². The molecule has 18 heavy (non-hydrogen) atoms. The lowest BCUT2D eigenvalue weighted by molar-refractivity contribution is 0.345. The first-order valence-electron chi connectivity index (χ1n) is 6.82. The zero-order valence-corrected chi connectivity index (χ0v) is 11.4. The first kappa shape index (κ1) is 13.4. The topological polar surface area (TPSA) is 47.3 Å². The fourth-order valence-electron chi connectivity index (χ4n) is 3.09. The SMILES string of the molecule is COc1ccccc1CC(NN)C1CCC(C)C1. The van der Waals surface area contributed by atoms with Crippen molar-refractivity contribution in [3.63, 3.8) is 0 Å². The third kappa shape index (κ3) is 3.03. The third-order valence-corrected chi connectivity index (χ3v) is 4.15. The Labute approximate surface area is 110 Å². The quantitative estimate of drug-likeness (QED) is 0.622. The van der Waals surface area contributed by atoms with Gasteiger partial charge in [0.1, 0.15) is 5.75 Å². The van der Waals surface area contributed by atoms with Gasteiger partial charge in [-0.15, -0.1) is 0 Å². The maximum Gasteiger partial charge on any atom is 0.122 e. The number of hydrogen-bond donors (Lipinski definition) is 2. The monoisotopic (exact) mass is 248 g/mol. The lowest BCUT2D eigenvalue weighted by Gasteiger charge is -2.23. The second kappa shape index (κ2) is 6.21. The Kier molecular flexibility index (Phi) is 4.61. The minimum atomic E-state index is 0.353. The van der Waals surface area contributed by atoms with Gasteiger partial charge in [-0.3, -0.25) is 11.3 Å². The summed E-state index contributed by atoms with van der Waals surface area (Å²) < 4.78 is 5.41. The van der Waals surface area contributed by atoms with Crippen LogP contribution in [0.3, 0.4) is 0 Å². The molecule has 0 amide bonds. The predicted octanol–water partition coefficient (Wildman–Crippen LogP) is 2.51. The van der Waals surface area contributed by atoms with Crippen LogP contribution in [0.2, 0.25) is 0 Å². The number of benzene rings is 1. The van der Waals surface area contributed by atoms with Gasteiger partial charge in [0.05, 0.1) is 7.11 Å². The Morgan fingerprint density at radius 2 is 2.17 bits per heavy atom. The normalized spacial score (nSPS) is 25.1. The van der Waals surface area contributed by atoms with Crippen molar-refractivity contribution in [1.29, 1.82) is 0 Å². The van der Waals surface area contributed by atoms with E-state index < -0.39 is 0 Å². The van der Waals surface area contributed by atoms with E-state index in [0.29, 0.717) is 12.0 Å². The fourth-order valence-corrected chi connectivity index (χ4v) is 3.09. The van der Waals surface area contributed by atoms with E-state index in [1.54, 1.807) is 7.11 Å². The molecule has 0 aliphatic heterocycles. The van der Waals surface area contributed by atoms with Crippen LogP contribution in [0.4, 0.5) is 0 Å². The van der Waals surface area contributed by atoms with Crippen LogP contribution in [0.5, 0.6) is 5.75 Å². The summed E-state index contributed by atoms with van der Waals surface area (Å²) in [7, 11) is 1.72. The summed E-state index contributed by atoms with van der Waals surface area (Å²) in [5.74, 6) is 8.23. The number of ether oxygens (including phenoxy) is 1. The number of methoxy groups -OCH3 is 1. The highest BCUT2D eigenvalue weighted by Gasteiger charge is 2.28. The Morgan fingerprint density at radius 1 is 1.39 bits per heavy atom. The van der Waals surface area contributed by atoms with Gasteiger partial charge in [0.2, 0.25) is 0 Å². The van der Waals surface area contributed by atoms with Gasteiger partial charge in [0.25, 0.3) is 0 Å². The standard InChI is InChI=1S/C15H24N2O/c1-11-7-8-12(9-11)14(17-16)10-13-5-3-4-6-15(13)18-2/h3-6,11-12,14,17H,7-10,16H2,1-2H3. The lowest BCUT2D eigenvalue weighted by atomic mass is 9.91. The summed E-state index contributed by atoms with van der Waals surface area (Å²) in [6.45, 7) is 2.33. The molecule has 1 aliphatic carbocycles. The number of rotatable bonds is 5. The van der Waals surface area contributed by atoms with Crippen LogP contribution in [-0.4, -0.2) is 13.2 Å². The summed E-state index contributed by atoms with van der Waals surface area (Å²) in [5, 5.41) is 0. The highest BCUT2D eigenvalue weighted by atomic mass is 16.5. The van der Waals surface area contributed by atoms with E-state index in [4.69, 9.17) is 10.6 Å². The van der Waals surface area contributed by atoms with Crippen LogP contribution >= 0.6 is 0 Å². The molecule has 1 saturated carbocycles. The molecule has 3 atom stereocenters. The van der Waals surface area contributed by atoms with Crippen molar-refractivity contribution < 1.29 is 4.74 Å². The Hall–Kier alpha value is -1.06. The van der Waals surface area contributed by atoms with E-state index in [2.05, 4.69) is 24.5 Å². The zero-order valence-electron chi connectivity index (χ0n) is 11.4. The molecule has 1 fully saturated rings. The Balaban J connectivity index is 2.05. The van der Waals surface area contributed by atoms with Crippen molar-refractivity contribution in [3.05, 3.63) is 29.8 Å². The van der Waals surface area contributed by atoms with Crippen LogP contribution in [-0.2, 0) is 6.42 Å². The summed E-state index contributed by atoms with van der Waals surface area (Å²) in [5.41, 5.74) is 4.25. The Bertz CT molecular complexity index is 381. The molecule has 0 heterocycles. The average molecular weight is 248 g/mol. The van der Waals surface area contributed by atoms with Crippen molar-refractivity contribution in [3.8, 4) is 5.75 Å². The summed E-state index contributed by atoms with van der Waals surface area (Å²) >= 11 is 0. The largest absolute Gasteiger partial charge is 0.496 e. The van der Waals surface area contributed by atoms with E-state index in [1.807, 2.05) is 12.1 Å². The van der Waals surface area contributed by atoms with Crippen LogP contribution in [0, 0.1) is 11.8 Å². The van der Waals surface area contributed by atoms with Gasteiger partial charge in [-0.25, -0.2) is 0 Å². The third-order valence-electron chi connectivity index (χ3n) is 4.15. The smallest absolute Gasteiger partial charge is 0.122 e. The van der Waals surface area contributed by atoms with Crippen molar-refractivity contribution >= 4 is 0 Å². The molecule has 3 nitrogen and oxygen atoms in total. The van der Waals surface area contributed by atoms with E-state index in [1.165, 1.54) is 24.8 Å². The number of nitrogens with one attached hydrogen (secondary N) is 1. The van der Waals surface area contributed by atoms with Gasteiger partial charge in [-0.05, 0) is 42.7 Å². The molecule has 100 valence electrons. The molecule has 3 N–H and O–H groups in total. The van der Waals surface area contributed by atoms with Crippen molar-refractivity contribution in [2.45, 2.75) is 38.6 Å². The highest BCUT2D eigenvalue weighted by molar-refractivity contribution is 5.33. The number of nitrogens with two attached hydrogens (primary N) is 1. The number of hydrogen-bond acceptors (Lipinski definition) is 3. The summed E-state index contributed by atoms with van der Waals surface area (Å²) in [6.07, 6.45) is 4.84. The van der Waals surface area contributed by atoms with E-state index >= 15 is 0 Å². The average Bonchev–Trinajstić information content (AvgIpc) is 2.83. The van der Waals surface area contributed by atoms with Crippen molar-refractivity contribution in [1.82, 2.24) is 5.43 Å². The minimum Gasteiger partial charge on any atom is -0.496 e. The van der Waals surface area contributed by atoms with E-state index in [9.17, 15) is 0 Å². The molecular weight excluding hydrogens is 224 g/mol. The van der Waals surface area contributed by atoms with Crippen LogP contribution in [0.25, 0.3) is 0 Å². The van der Waals surface area contributed by atoms with Gasteiger partial charge in [-0.1, -0.05) is 31.5 Å². The van der Waals surface area contributed by atoms with Gasteiger partial charge in [0, 0.05) is 6.04 Å². The molecule has 0 saturated heterocycles. The molecule has 1 aliphatic rings. The molecule has 3 heteroatoms. The molecule has 1 aromatic rings. The molecule has 0 bridgehead atoms. The molecule has 3 unspecified atom stereocenters. The number of para-hydroxylation sites is 1. The maximum atomic E-state index is 5.75. The Morgan fingerprint density at radius 3 is 2.78 bits per heavy atom. The predicted molar refractivity (Wildman–Crippen MR) is 74.3 cm³/mol. The highest BCUT2D eigenvalue weighted by Crippen LogP contribution is 2.34. The maximum absolute atomic E-state index is 5.75. The molecular formula is C15H24N2O. The number of hydrazine groups is 1. The van der Waals surface area contributed by atoms with Crippen molar-refractivity contribution in [2.24, 2.45) is 17.7 Å². The van der Waals surface area contributed by atoms with Gasteiger partial charge < -0.3 is 4.74 Å². The van der Waals surface area contributed by atoms with Crippen LogP contribution < -0.4 is 16.0 Å². The first-order chi connectivity index (χ1) is 8.74. The fraction of sp³-hybridized carbons (Fsp3) is 0.600. The van der Waals surface area contributed by atoms with Crippen molar-refractivity contribution in [2.75, 3.05) is 7.11 Å².